The Labute approximate surface area is 122 Å². The van der Waals surface area contributed by atoms with Crippen LogP contribution in [0.3, 0.4) is 0 Å². The SMILES string of the molecule is CCCCC(CC)(Cc1cccc(F)c1Br)C(=O)O. The molecule has 0 radical (unpaired) electrons. The van der Waals surface area contributed by atoms with Crippen LogP contribution in [0.1, 0.15) is 45.1 Å². The molecule has 0 aliphatic rings. The molecule has 106 valence electrons. The molecule has 1 aromatic carbocycles. The lowest BCUT2D eigenvalue weighted by Gasteiger charge is -2.28. The van der Waals surface area contributed by atoms with E-state index in [0.29, 0.717) is 23.7 Å². The lowest BCUT2D eigenvalue weighted by Crippen LogP contribution is -2.33. The summed E-state index contributed by atoms with van der Waals surface area (Å²) in [5, 5.41) is 9.56. The Morgan fingerprint density at radius 1 is 1.42 bits per heavy atom. The first-order valence-electron chi connectivity index (χ1n) is 6.63. The minimum atomic E-state index is -0.799. The van der Waals surface area contributed by atoms with Crippen molar-refractivity contribution in [3.05, 3.63) is 34.1 Å². The van der Waals surface area contributed by atoms with Gasteiger partial charge in [-0.05, 0) is 46.8 Å². The second-order valence-electron chi connectivity index (χ2n) is 4.93. The van der Waals surface area contributed by atoms with Crippen LogP contribution in [0.15, 0.2) is 22.7 Å². The molecule has 1 N–H and O–H groups in total. The van der Waals surface area contributed by atoms with E-state index in [-0.39, 0.29) is 5.82 Å². The van der Waals surface area contributed by atoms with Crippen molar-refractivity contribution < 1.29 is 14.3 Å². The molecule has 2 nitrogen and oxygen atoms in total. The van der Waals surface area contributed by atoms with Crippen LogP contribution < -0.4 is 0 Å². The maximum atomic E-state index is 13.5. The van der Waals surface area contributed by atoms with Crippen molar-refractivity contribution in [2.45, 2.75) is 46.0 Å². The molecule has 0 bridgehead atoms. The Morgan fingerprint density at radius 2 is 2.11 bits per heavy atom. The summed E-state index contributed by atoms with van der Waals surface area (Å²) in [6.45, 7) is 3.93. The molecule has 1 rings (SSSR count). The van der Waals surface area contributed by atoms with Gasteiger partial charge in [0.05, 0.1) is 9.89 Å². The van der Waals surface area contributed by atoms with Crippen LogP contribution in [0.4, 0.5) is 4.39 Å². The molecule has 0 aliphatic heterocycles. The second kappa shape index (κ2) is 7.04. The number of hydrogen-bond donors (Lipinski definition) is 1. The quantitative estimate of drug-likeness (QED) is 0.779. The van der Waals surface area contributed by atoms with Crippen LogP contribution in [-0.4, -0.2) is 11.1 Å². The molecule has 0 aliphatic carbocycles. The number of halogens is 2. The van der Waals surface area contributed by atoms with E-state index in [0.717, 1.165) is 18.4 Å². The fourth-order valence-corrected chi connectivity index (χ4v) is 2.69. The lowest BCUT2D eigenvalue weighted by atomic mass is 9.75. The predicted molar refractivity (Wildman–Crippen MR) is 77.7 cm³/mol. The predicted octanol–water partition coefficient (Wildman–Crippen LogP) is 4.80. The van der Waals surface area contributed by atoms with Gasteiger partial charge in [0.2, 0.25) is 0 Å². The minimum Gasteiger partial charge on any atom is -0.481 e. The molecule has 1 aromatic rings. The zero-order valence-corrected chi connectivity index (χ0v) is 13.0. The molecule has 0 spiro atoms. The highest BCUT2D eigenvalue weighted by Gasteiger charge is 2.36. The van der Waals surface area contributed by atoms with Gasteiger partial charge in [0.25, 0.3) is 0 Å². The molecule has 19 heavy (non-hydrogen) atoms. The third kappa shape index (κ3) is 3.78. The van der Waals surface area contributed by atoms with E-state index in [1.54, 1.807) is 12.1 Å². The third-order valence-corrected chi connectivity index (χ3v) is 4.59. The first-order chi connectivity index (χ1) is 8.96. The van der Waals surface area contributed by atoms with Crippen LogP contribution in [0.2, 0.25) is 0 Å². The molecule has 0 heterocycles. The summed E-state index contributed by atoms with van der Waals surface area (Å²) in [6, 6.07) is 4.78. The van der Waals surface area contributed by atoms with E-state index >= 15 is 0 Å². The fraction of sp³-hybridized carbons (Fsp3) is 0.533. The van der Waals surface area contributed by atoms with Gasteiger partial charge in [0.15, 0.2) is 0 Å². The Kier molecular flexibility index (Phi) is 5.98. The number of unbranched alkanes of at least 4 members (excludes halogenated alkanes) is 1. The molecule has 0 saturated heterocycles. The first-order valence-corrected chi connectivity index (χ1v) is 7.42. The van der Waals surface area contributed by atoms with Crippen LogP contribution in [0, 0.1) is 11.2 Å². The average Bonchev–Trinajstić information content (AvgIpc) is 2.39. The second-order valence-corrected chi connectivity index (χ2v) is 5.73. The molecule has 1 atom stereocenters. The Hall–Kier alpha value is -0.900. The van der Waals surface area contributed by atoms with E-state index in [4.69, 9.17) is 0 Å². The maximum absolute atomic E-state index is 13.5. The van der Waals surface area contributed by atoms with E-state index < -0.39 is 11.4 Å². The fourth-order valence-electron chi connectivity index (χ4n) is 2.29. The van der Waals surface area contributed by atoms with Gasteiger partial charge in [-0.15, -0.1) is 0 Å². The summed E-state index contributed by atoms with van der Waals surface area (Å²) in [5.41, 5.74) is -0.0767. The average molecular weight is 331 g/mol. The minimum absolute atomic E-state index is 0.344. The zero-order valence-electron chi connectivity index (χ0n) is 11.4. The Morgan fingerprint density at radius 3 is 2.63 bits per heavy atom. The van der Waals surface area contributed by atoms with Crippen molar-refractivity contribution in [2.24, 2.45) is 5.41 Å². The molecular weight excluding hydrogens is 311 g/mol. The van der Waals surface area contributed by atoms with E-state index in [1.807, 2.05) is 13.8 Å². The number of aliphatic carboxylic acids is 1. The maximum Gasteiger partial charge on any atom is 0.309 e. The molecule has 0 aromatic heterocycles. The van der Waals surface area contributed by atoms with Gasteiger partial charge in [0.1, 0.15) is 5.82 Å². The van der Waals surface area contributed by atoms with Gasteiger partial charge in [-0.3, -0.25) is 4.79 Å². The van der Waals surface area contributed by atoms with Crippen LogP contribution in [-0.2, 0) is 11.2 Å². The number of carbonyl (C=O) groups is 1. The number of carboxylic acid groups (broad SMARTS) is 1. The molecule has 0 amide bonds. The molecular formula is C15H20BrFO2. The number of carboxylic acids is 1. The van der Waals surface area contributed by atoms with Crippen molar-refractivity contribution in [2.75, 3.05) is 0 Å². The number of benzene rings is 1. The smallest absolute Gasteiger partial charge is 0.309 e. The van der Waals surface area contributed by atoms with Crippen molar-refractivity contribution in [1.29, 1.82) is 0 Å². The first kappa shape index (κ1) is 16.2. The van der Waals surface area contributed by atoms with E-state index in [1.165, 1.54) is 6.07 Å². The summed E-state index contributed by atoms with van der Waals surface area (Å²) in [7, 11) is 0. The highest BCUT2D eigenvalue weighted by Crippen LogP contribution is 2.36. The third-order valence-electron chi connectivity index (χ3n) is 3.70. The lowest BCUT2D eigenvalue weighted by molar-refractivity contribution is -0.149. The highest BCUT2D eigenvalue weighted by atomic mass is 79.9. The summed E-state index contributed by atoms with van der Waals surface area (Å²) < 4.78 is 13.9. The zero-order chi connectivity index (χ0) is 14.5. The van der Waals surface area contributed by atoms with E-state index in [9.17, 15) is 14.3 Å². The monoisotopic (exact) mass is 330 g/mol. The van der Waals surface area contributed by atoms with E-state index in [2.05, 4.69) is 15.9 Å². The van der Waals surface area contributed by atoms with Crippen molar-refractivity contribution in [3.63, 3.8) is 0 Å². The molecule has 0 saturated carbocycles. The normalized spacial score (nSPS) is 14.1. The van der Waals surface area contributed by atoms with Gasteiger partial charge in [-0.2, -0.15) is 0 Å². The van der Waals surface area contributed by atoms with Gasteiger partial charge >= 0.3 is 5.97 Å². The van der Waals surface area contributed by atoms with Crippen molar-refractivity contribution >= 4 is 21.9 Å². The summed E-state index contributed by atoms with van der Waals surface area (Å²) >= 11 is 3.21. The van der Waals surface area contributed by atoms with Crippen molar-refractivity contribution in [3.8, 4) is 0 Å². The topological polar surface area (TPSA) is 37.3 Å². The Balaban J connectivity index is 3.06. The summed E-state index contributed by atoms with van der Waals surface area (Å²) in [4.78, 5) is 11.6. The largest absolute Gasteiger partial charge is 0.481 e. The Bertz CT molecular complexity index is 448. The molecule has 4 heteroatoms. The molecule has 1 unspecified atom stereocenters. The molecule has 0 fully saturated rings. The standard InChI is InChI=1S/C15H20BrFO2/c1-3-5-9-15(4-2,14(18)19)10-11-7-6-8-12(17)13(11)16/h6-8H,3-5,9-10H2,1-2H3,(H,18,19). The summed E-state index contributed by atoms with van der Waals surface area (Å²) in [5.74, 6) is -1.14. The number of rotatable bonds is 7. The summed E-state index contributed by atoms with van der Waals surface area (Å²) in [6.07, 6.45) is 3.35. The van der Waals surface area contributed by atoms with Gasteiger partial charge in [-0.1, -0.05) is 38.8 Å². The van der Waals surface area contributed by atoms with Crippen LogP contribution >= 0.6 is 15.9 Å². The highest BCUT2D eigenvalue weighted by molar-refractivity contribution is 9.10. The van der Waals surface area contributed by atoms with Gasteiger partial charge in [0, 0.05) is 0 Å². The van der Waals surface area contributed by atoms with Crippen LogP contribution in [0.25, 0.3) is 0 Å². The van der Waals surface area contributed by atoms with Gasteiger partial charge in [-0.25, -0.2) is 4.39 Å². The number of hydrogen-bond acceptors (Lipinski definition) is 1. The van der Waals surface area contributed by atoms with Gasteiger partial charge < -0.3 is 5.11 Å². The van der Waals surface area contributed by atoms with Crippen molar-refractivity contribution in [1.82, 2.24) is 0 Å². The van der Waals surface area contributed by atoms with Crippen LogP contribution in [0.5, 0.6) is 0 Å².